The molecule has 2 heterocycles. The molecule has 1 fully saturated rings. The van der Waals surface area contributed by atoms with Crippen LogP contribution in [0.15, 0.2) is 12.1 Å². The largest absolute Gasteiger partial charge is 0.486 e. The number of hydrogen-bond donors (Lipinski definition) is 0. The second-order valence-electron chi connectivity index (χ2n) is 5.84. The normalized spacial score (nSPS) is 21.9. The molecule has 0 saturated carbocycles. The lowest BCUT2D eigenvalue weighted by molar-refractivity contribution is -0.130. The van der Waals surface area contributed by atoms with Crippen LogP contribution < -0.4 is 9.47 Å². The van der Waals surface area contributed by atoms with Gasteiger partial charge in [0.1, 0.15) is 13.2 Å². The second kappa shape index (κ2) is 6.20. The highest BCUT2D eigenvalue weighted by Gasteiger charge is 2.32. The Balaban J connectivity index is 1.72. The van der Waals surface area contributed by atoms with E-state index >= 15 is 0 Å². The summed E-state index contributed by atoms with van der Waals surface area (Å²) < 4.78 is 34.0. The average Bonchev–Trinajstić information content (AvgIpc) is 2.86. The molecule has 3 rings (SSSR count). The first-order valence-corrected chi connectivity index (χ1v) is 9.60. The van der Waals surface area contributed by atoms with Crippen LogP contribution in [-0.4, -0.2) is 57.0 Å². The number of ether oxygens (including phenoxy) is 2. The maximum atomic E-state index is 12.4. The quantitative estimate of drug-likeness (QED) is 0.813. The fraction of sp³-hybridized carbons (Fsp3) is 0.533. The number of rotatable bonds is 3. The van der Waals surface area contributed by atoms with Crippen LogP contribution in [0, 0.1) is 0 Å². The minimum absolute atomic E-state index is 0.0388. The van der Waals surface area contributed by atoms with Crippen LogP contribution in [0.2, 0.25) is 5.02 Å². The van der Waals surface area contributed by atoms with E-state index in [9.17, 15) is 13.2 Å². The molecule has 0 spiro atoms. The standard InChI is InChI=1S/C15H18ClNO5S/c1-17(11-2-5-23(19,20)9-11)14(18)8-10-6-12(16)15-13(7-10)21-3-4-22-15/h6-7,11H,2-5,8-9H2,1H3/t11-/m1/s1. The molecule has 23 heavy (non-hydrogen) atoms. The van der Waals surface area contributed by atoms with Gasteiger partial charge in [-0.1, -0.05) is 11.6 Å². The first-order valence-electron chi connectivity index (χ1n) is 7.40. The molecule has 8 heteroatoms. The van der Waals surface area contributed by atoms with Crippen molar-refractivity contribution in [3.63, 3.8) is 0 Å². The summed E-state index contributed by atoms with van der Waals surface area (Å²) in [5, 5.41) is 0.413. The Labute approximate surface area is 140 Å². The Morgan fingerprint density at radius 2 is 2.09 bits per heavy atom. The first-order chi connectivity index (χ1) is 10.9. The van der Waals surface area contributed by atoms with E-state index in [1.54, 1.807) is 19.2 Å². The molecule has 2 aliphatic heterocycles. The molecule has 2 aliphatic rings. The van der Waals surface area contributed by atoms with Crippen LogP contribution in [0.4, 0.5) is 0 Å². The molecule has 0 aliphatic carbocycles. The van der Waals surface area contributed by atoms with E-state index < -0.39 is 9.84 Å². The highest BCUT2D eigenvalue weighted by molar-refractivity contribution is 7.91. The lowest BCUT2D eigenvalue weighted by Crippen LogP contribution is -2.38. The molecule has 0 bridgehead atoms. The Morgan fingerprint density at radius 1 is 1.35 bits per heavy atom. The van der Waals surface area contributed by atoms with Gasteiger partial charge in [0.2, 0.25) is 5.91 Å². The Hall–Kier alpha value is -1.47. The zero-order valence-corrected chi connectivity index (χ0v) is 14.3. The van der Waals surface area contributed by atoms with Gasteiger partial charge in [-0.2, -0.15) is 0 Å². The summed E-state index contributed by atoms with van der Waals surface area (Å²) in [6, 6.07) is 3.18. The summed E-state index contributed by atoms with van der Waals surface area (Å²) in [4.78, 5) is 13.9. The van der Waals surface area contributed by atoms with Crippen LogP contribution in [0.5, 0.6) is 11.5 Å². The highest BCUT2D eigenvalue weighted by atomic mass is 35.5. The lowest BCUT2D eigenvalue weighted by atomic mass is 10.1. The number of halogens is 1. The number of hydrogen-bond acceptors (Lipinski definition) is 5. The Morgan fingerprint density at radius 3 is 2.78 bits per heavy atom. The van der Waals surface area contributed by atoms with Crippen molar-refractivity contribution in [1.29, 1.82) is 0 Å². The van der Waals surface area contributed by atoms with Gasteiger partial charge in [-0.25, -0.2) is 8.42 Å². The maximum absolute atomic E-state index is 12.4. The summed E-state index contributed by atoms with van der Waals surface area (Å²) in [7, 11) is -1.37. The molecule has 1 saturated heterocycles. The average molecular weight is 360 g/mol. The van der Waals surface area contributed by atoms with E-state index in [0.29, 0.717) is 36.2 Å². The van der Waals surface area contributed by atoms with Crippen molar-refractivity contribution in [2.45, 2.75) is 18.9 Å². The highest BCUT2D eigenvalue weighted by Crippen LogP contribution is 2.38. The second-order valence-corrected chi connectivity index (χ2v) is 8.48. The van der Waals surface area contributed by atoms with Crippen molar-refractivity contribution in [2.24, 2.45) is 0 Å². The molecule has 0 unspecified atom stereocenters. The summed E-state index contributed by atoms with van der Waals surface area (Å²) in [5.41, 5.74) is 0.719. The summed E-state index contributed by atoms with van der Waals surface area (Å²) in [6.07, 6.45) is 0.635. The number of likely N-dealkylation sites (N-methyl/N-ethyl adjacent to an activating group) is 1. The number of carbonyl (C=O) groups excluding carboxylic acids is 1. The van der Waals surface area contributed by atoms with Gasteiger partial charge >= 0.3 is 0 Å². The van der Waals surface area contributed by atoms with Crippen LogP contribution in [0.3, 0.4) is 0 Å². The number of nitrogens with zero attached hydrogens (tertiary/aromatic N) is 1. The number of benzene rings is 1. The van der Waals surface area contributed by atoms with E-state index in [1.165, 1.54) is 4.90 Å². The predicted octanol–water partition coefficient (Wildman–Crippen LogP) is 1.30. The maximum Gasteiger partial charge on any atom is 0.227 e. The monoisotopic (exact) mass is 359 g/mol. The summed E-state index contributed by atoms with van der Waals surface area (Å²) >= 11 is 6.17. The minimum atomic E-state index is -3.02. The zero-order chi connectivity index (χ0) is 16.6. The fourth-order valence-corrected chi connectivity index (χ4v) is 4.91. The summed E-state index contributed by atoms with van der Waals surface area (Å²) in [5.74, 6) is 1.09. The molecule has 1 atom stereocenters. The molecule has 0 N–H and O–H groups in total. The molecular weight excluding hydrogens is 342 g/mol. The van der Waals surface area contributed by atoms with Crippen molar-refractivity contribution in [1.82, 2.24) is 4.90 Å². The number of carbonyl (C=O) groups is 1. The fourth-order valence-electron chi connectivity index (χ4n) is 2.85. The van der Waals surface area contributed by atoms with E-state index in [4.69, 9.17) is 21.1 Å². The van der Waals surface area contributed by atoms with Gasteiger partial charge in [0.25, 0.3) is 0 Å². The minimum Gasteiger partial charge on any atom is -0.486 e. The van der Waals surface area contributed by atoms with Gasteiger partial charge in [0.05, 0.1) is 22.9 Å². The van der Waals surface area contributed by atoms with Crippen LogP contribution in [0.25, 0.3) is 0 Å². The predicted molar refractivity (Wildman–Crippen MR) is 86.0 cm³/mol. The molecule has 1 aromatic rings. The molecule has 6 nitrogen and oxygen atoms in total. The number of fused-ring (bicyclic) bond motifs is 1. The third-order valence-electron chi connectivity index (χ3n) is 4.16. The number of amides is 1. The third-order valence-corrected chi connectivity index (χ3v) is 6.19. The van der Waals surface area contributed by atoms with Crippen molar-refractivity contribution in [2.75, 3.05) is 31.8 Å². The number of sulfone groups is 1. The van der Waals surface area contributed by atoms with Gasteiger partial charge in [0.15, 0.2) is 21.3 Å². The molecule has 1 amide bonds. The smallest absolute Gasteiger partial charge is 0.227 e. The van der Waals surface area contributed by atoms with Crippen molar-refractivity contribution < 1.29 is 22.7 Å². The van der Waals surface area contributed by atoms with Gasteiger partial charge in [-0.15, -0.1) is 0 Å². The third kappa shape index (κ3) is 3.55. The molecular formula is C15H18ClNO5S. The van der Waals surface area contributed by atoms with Gasteiger partial charge < -0.3 is 14.4 Å². The van der Waals surface area contributed by atoms with Gasteiger partial charge in [0, 0.05) is 13.1 Å². The van der Waals surface area contributed by atoms with E-state index in [2.05, 4.69) is 0 Å². The summed E-state index contributed by atoms with van der Waals surface area (Å²) in [6.45, 7) is 0.893. The van der Waals surface area contributed by atoms with E-state index in [1.807, 2.05) is 0 Å². The first kappa shape index (κ1) is 16.4. The Bertz CT molecular complexity index is 734. The van der Waals surface area contributed by atoms with Crippen LogP contribution in [-0.2, 0) is 21.1 Å². The van der Waals surface area contributed by atoms with Crippen LogP contribution in [0.1, 0.15) is 12.0 Å². The van der Waals surface area contributed by atoms with Crippen molar-refractivity contribution >= 4 is 27.3 Å². The SMILES string of the molecule is CN(C(=O)Cc1cc(Cl)c2c(c1)OCCO2)[C@@H]1CCS(=O)(=O)C1. The van der Waals surface area contributed by atoms with Gasteiger partial charge in [-0.05, 0) is 24.1 Å². The van der Waals surface area contributed by atoms with Gasteiger partial charge in [-0.3, -0.25) is 4.79 Å². The lowest BCUT2D eigenvalue weighted by Gasteiger charge is -2.24. The molecule has 126 valence electrons. The zero-order valence-electron chi connectivity index (χ0n) is 12.7. The molecule has 0 aromatic heterocycles. The molecule has 0 radical (unpaired) electrons. The topological polar surface area (TPSA) is 72.9 Å². The Kier molecular flexibility index (Phi) is 4.42. The molecule has 1 aromatic carbocycles. The van der Waals surface area contributed by atoms with E-state index in [0.717, 1.165) is 5.56 Å². The van der Waals surface area contributed by atoms with Crippen molar-refractivity contribution in [3.8, 4) is 11.5 Å². The van der Waals surface area contributed by atoms with Crippen molar-refractivity contribution in [3.05, 3.63) is 22.7 Å². The van der Waals surface area contributed by atoms with Crippen LogP contribution >= 0.6 is 11.6 Å². The van der Waals surface area contributed by atoms with E-state index in [-0.39, 0.29) is 29.9 Å².